The van der Waals surface area contributed by atoms with E-state index in [-0.39, 0.29) is 23.8 Å². The minimum absolute atomic E-state index is 0.00117. The van der Waals surface area contributed by atoms with Crippen LogP contribution in [0.2, 0.25) is 0 Å². The molecule has 0 unspecified atom stereocenters. The SMILES string of the molecule is CC(=O)c1c(C)[nH]c(C(=O)C[NH+]2C[C@H](C)O[C@@H](C)C2)c1C. The fourth-order valence-corrected chi connectivity index (χ4v) is 3.41. The van der Waals surface area contributed by atoms with E-state index >= 15 is 0 Å². The quantitative estimate of drug-likeness (QED) is 0.804. The number of nitrogens with one attached hydrogen (secondary N) is 2. The van der Waals surface area contributed by atoms with Gasteiger partial charge in [-0.05, 0) is 40.2 Å². The van der Waals surface area contributed by atoms with Gasteiger partial charge < -0.3 is 14.6 Å². The molecule has 5 nitrogen and oxygen atoms in total. The van der Waals surface area contributed by atoms with Gasteiger partial charge in [0.25, 0.3) is 0 Å². The molecule has 5 heteroatoms. The Morgan fingerprint density at radius 2 is 1.81 bits per heavy atom. The van der Waals surface area contributed by atoms with Gasteiger partial charge in [0.05, 0.1) is 5.69 Å². The maximum Gasteiger partial charge on any atom is 0.233 e. The monoisotopic (exact) mass is 293 g/mol. The van der Waals surface area contributed by atoms with E-state index in [4.69, 9.17) is 4.74 Å². The maximum absolute atomic E-state index is 12.5. The summed E-state index contributed by atoms with van der Waals surface area (Å²) < 4.78 is 5.70. The number of hydrogen-bond donors (Lipinski definition) is 2. The molecule has 0 aliphatic carbocycles. The van der Waals surface area contributed by atoms with Crippen LogP contribution in [0.4, 0.5) is 0 Å². The Morgan fingerprint density at radius 3 is 2.29 bits per heavy atom. The second-order valence-electron chi connectivity index (χ2n) is 6.20. The van der Waals surface area contributed by atoms with Crippen molar-refractivity contribution < 1.29 is 19.2 Å². The average molecular weight is 293 g/mol. The van der Waals surface area contributed by atoms with Crippen LogP contribution in [-0.2, 0) is 4.74 Å². The third kappa shape index (κ3) is 3.41. The number of carbonyl (C=O) groups excluding carboxylic acids is 2. The summed E-state index contributed by atoms with van der Waals surface area (Å²) in [6.07, 6.45) is 0.353. The fraction of sp³-hybridized carbons (Fsp3) is 0.625. The number of aromatic amines is 1. The van der Waals surface area contributed by atoms with Gasteiger partial charge in [0, 0.05) is 11.3 Å². The van der Waals surface area contributed by atoms with Gasteiger partial charge in [0.2, 0.25) is 5.78 Å². The summed E-state index contributed by atoms with van der Waals surface area (Å²) in [6.45, 7) is 11.4. The summed E-state index contributed by atoms with van der Waals surface area (Å²) in [4.78, 5) is 28.5. The lowest BCUT2D eigenvalue weighted by molar-refractivity contribution is -0.906. The molecular formula is C16H25N2O3+. The maximum atomic E-state index is 12.5. The molecule has 1 aliphatic heterocycles. The molecule has 0 bridgehead atoms. The second-order valence-corrected chi connectivity index (χ2v) is 6.20. The molecule has 2 rings (SSSR count). The molecule has 0 radical (unpaired) electrons. The van der Waals surface area contributed by atoms with Crippen LogP contribution in [0.15, 0.2) is 0 Å². The van der Waals surface area contributed by atoms with Crippen LogP contribution in [0.25, 0.3) is 0 Å². The fourth-order valence-electron chi connectivity index (χ4n) is 3.41. The number of rotatable bonds is 4. The number of ketones is 2. The topological polar surface area (TPSA) is 63.6 Å². The van der Waals surface area contributed by atoms with Crippen molar-refractivity contribution >= 4 is 11.6 Å². The molecule has 1 aliphatic rings. The summed E-state index contributed by atoms with van der Waals surface area (Å²) in [7, 11) is 0. The first-order valence-corrected chi connectivity index (χ1v) is 7.52. The van der Waals surface area contributed by atoms with Crippen LogP contribution in [0, 0.1) is 13.8 Å². The van der Waals surface area contributed by atoms with Gasteiger partial charge in [-0.1, -0.05) is 0 Å². The highest BCUT2D eigenvalue weighted by Crippen LogP contribution is 2.18. The van der Waals surface area contributed by atoms with E-state index in [0.717, 1.165) is 24.3 Å². The van der Waals surface area contributed by atoms with Crippen LogP contribution in [0.5, 0.6) is 0 Å². The Bertz CT molecular complexity index is 552. The Kier molecular flexibility index (Phi) is 4.64. The van der Waals surface area contributed by atoms with Crippen molar-refractivity contribution in [3.8, 4) is 0 Å². The van der Waals surface area contributed by atoms with Crippen molar-refractivity contribution in [1.29, 1.82) is 0 Å². The largest absolute Gasteiger partial charge is 0.364 e. The average Bonchev–Trinajstić information content (AvgIpc) is 2.63. The van der Waals surface area contributed by atoms with Gasteiger partial charge in [-0.3, -0.25) is 9.59 Å². The third-order valence-corrected chi connectivity index (χ3v) is 4.10. The Labute approximate surface area is 125 Å². The lowest BCUT2D eigenvalue weighted by Gasteiger charge is -2.31. The highest BCUT2D eigenvalue weighted by atomic mass is 16.5. The number of carbonyl (C=O) groups is 2. The molecule has 1 aromatic rings. The standard InChI is InChI=1S/C16H24N2O3/c1-9-6-18(7-10(2)21-9)8-14(20)16-11(3)15(13(5)19)12(4)17-16/h9-10,17H,6-8H2,1-5H3/p+1/t9-,10-/m0/s1. The van der Waals surface area contributed by atoms with E-state index in [2.05, 4.69) is 4.98 Å². The zero-order valence-corrected chi connectivity index (χ0v) is 13.5. The number of H-pyrrole nitrogens is 1. The van der Waals surface area contributed by atoms with Crippen LogP contribution < -0.4 is 4.90 Å². The molecule has 116 valence electrons. The molecule has 0 spiro atoms. The molecule has 1 saturated heterocycles. The van der Waals surface area contributed by atoms with E-state index in [1.54, 1.807) is 0 Å². The number of ether oxygens (including phenoxy) is 1. The summed E-state index contributed by atoms with van der Waals surface area (Å²) in [6, 6.07) is 0. The molecular weight excluding hydrogens is 268 g/mol. The smallest absolute Gasteiger partial charge is 0.233 e. The van der Waals surface area contributed by atoms with Crippen molar-refractivity contribution in [1.82, 2.24) is 4.98 Å². The van der Waals surface area contributed by atoms with Gasteiger partial charge in [-0.2, -0.15) is 0 Å². The number of Topliss-reactive ketones (excluding diaryl/α,β-unsaturated/α-hetero) is 2. The van der Waals surface area contributed by atoms with Crippen LogP contribution in [0.1, 0.15) is 52.9 Å². The molecule has 2 heterocycles. The highest BCUT2D eigenvalue weighted by molar-refractivity contribution is 6.03. The zero-order valence-electron chi connectivity index (χ0n) is 13.5. The molecule has 2 atom stereocenters. The first-order valence-electron chi connectivity index (χ1n) is 7.52. The summed E-state index contributed by atoms with van der Waals surface area (Å²) in [5.74, 6) is 0.0701. The van der Waals surface area contributed by atoms with Gasteiger partial charge >= 0.3 is 0 Å². The van der Waals surface area contributed by atoms with Crippen molar-refractivity contribution in [3.05, 3.63) is 22.5 Å². The van der Waals surface area contributed by atoms with Crippen molar-refractivity contribution in [3.63, 3.8) is 0 Å². The molecule has 0 aromatic carbocycles. The Balaban J connectivity index is 2.14. The van der Waals surface area contributed by atoms with Gasteiger partial charge in [-0.15, -0.1) is 0 Å². The molecule has 21 heavy (non-hydrogen) atoms. The lowest BCUT2D eigenvalue weighted by Crippen LogP contribution is -3.16. The van der Waals surface area contributed by atoms with E-state index in [1.165, 1.54) is 11.8 Å². The number of morpholine rings is 1. The number of hydrogen-bond acceptors (Lipinski definition) is 3. The van der Waals surface area contributed by atoms with Gasteiger partial charge in [0.1, 0.15) is 31.8 Å². The van der Waals surface area contributed by atoms with E-state index in [0.29, 0.717) is 17.8 Å². The van der Waals surface area contributed by atoms with E-state index < -0.39 is 0 Å². The molecule has 1 fully saturated rings. The summed E-state index contributed by atoms with van der Waals surface area (Å²) >= 11 is 0. The van der Waals surface area contributed by atoms with Crippen molar-refractivity contribution in [2.45, 2.75) is 46.8 Å². The highest BCUT2D eigenvalue weighted by Gasteiger charge is 2.29. The van der Waals surface area contributed by atoms with Gasteiger partial charge in [0.15, 0.2) is 5.78 Å². The van der Waals surface area contributed by atoms with Crippen LogP contribution in [-0.4, -0.2) is 48.4 Å². The zero-order chi connectivity index (χ0) is 15.7. The molecule has 1 aromatic heterocycles. The van der Waals surface area contributed by atoms with Crippen LogP contribution >= 0.6 is 0 Å². The first-order chi connectivity index (χ1) is 9.79. The lowest BCUT2D eigenvalue weighted by atomic mass is 10.0. The predicted octanol–water partition coefficient (Wildman–Crippen LogP) is 0.709. The second kappa shape index (κ2) is 6.12. The minimum atomic E-state index is 0.00117. The Morgan fingerprint density at radius 1 is 1.24 bits per heavy atom. The number of quaternary nitrogens is 1. The number of aryl methyl sites for hydroxylation is 1. The summed E-state index contributed by atoms with van der Waals surface area (Å²) in [5, 5.41) is 0. The molecule has 0 amide bonds. The number of aromatic nitrogens is 1. The summed E-state index contributed by atoms with van der Waals surface area (Å²) in [5.41, 5.74) is 2.79. The Hall–Kier alpha value is -1.46. The third-order valence-electron chi connectivity index (χ3n) is 4.10. The van der Waals surface area contributed by atoms with Gasteiger partial charge in [-0.25, -0.2) is 0 Å². The molecule has 0 saturated carbocycles. The van der Waals surface area contributed by atoms with E-state index in [1.807, 2.05) is 27.7 Å². The molecule has 2 N–H and O–H groups in total. The van der Waals surface area contributed by atoms with E-state index in [9.17, 15) is 9.59 Å². The van der Waals surface area contributed by atoms with Crippen molar-refractivity contribution in [2.24, 2.45) is 0 Å². The normalized spacial score (nSPS) is 25.9. The minimum Gasteiger partial charge on any atom is -0.364 e. The predicted molar refractivity (Wildman–Crippen MR) is 80.2 cm³/mol. The van der Waals surface area contributed by atoms with Crippen molar-refractivity contribution in [2.75, 3.05) is 19.6 Å². The first kappa shape index (κ1) is 15.9. The van der Waals surface area contributed by atoms with Crippen LogP contribution in [0.3, 0.4) is 0 Å².